The molecule has 0 amide bonds. The molecule has 0 aromatic rings. The molecule has 1 atom stereocenters. The van der Waals surface area contributed by atoms with Crippen molar-refractivity contribution in [2.24, 2.45) is 0 Å². The van der Waals surface area contributed by atoms with Crippen molar-refractivity contribution in [3.05, 3.63) is 12.7 Å². The minimum Gasteiger partial charge on any atom is -0.468 e. The molecule has 0 saturated heterocycles. The molecule has 0 aromatic carbocycles. The molecule has 1 N–H and O–H groups in total. The van der Waals surface area contributed by atoms with Crippen LogP contribution in [0, 0.1) is 0 Å². The van der Waals surface area contributed by atoms with Crippen molar-refractivity contribution in [3.63, 3.8) is 0 Å². The van der Waals surface area contributed by atoms with Gasteiger partial charge in [0.1, 0.15) is 6.04 Å². The lowest BCUT2D eigenvalue weighted by Crippen LogP contribution is -2.45. The minimum atomic E-state index is -1.16. The number of methoxy groups -OCH3 is 1. The van der Waals surface area contributed by atoms with Crippen molar-refractivity contribution < 1.29 is 9.53 Å². The fourth-order valence-corrected chi connectivity index (χ4v) is 1.86. The topological polar surface area (TPSA) is 38.3 Å². The van der Waals surface area contributed by atoms with Crippen molar-refractivity contribution in [1.82, 2.24) is 5.32 Å². The summed E-state index contributed by atoms with van der Waals surface area (Å²) in [6, 6.07) is -0.232. The maximum absolute atomic E-state index is 11.3. The summed E-state index contributed by atoms with van der Waals surface area (Å²) in [5.41, 5.74) is 0. The number of carbonyl (C=O) groups is 1. The van der Waals surface area contributed by atoms with Gasteiger partial charge in [-0.1, -0.05) is 25.7 Å². The summed E-state index contributed by atoms with van der Waals surface area (Å²) >= 11 is 0. The highest BCUT2D eigenvalue weighted by Crippen LogP contribution is 2.01. The van der Waals surface area contributed by atoms with Gasteiger partial charge in [0.2, 0.25) is 0 Å². The number of carbonyl (C=O) groups excluding carboxylic acids is 1. The Morgan fingerprint density at radius 2 is 2.14 bits per heavy atom. The zero-order chi connectivity index (χ0) is 11.2. The molecule has 3 nitrogen and oxygen atoms in total. The number of hydrogen-bond acceptors (Lipinski definition) is 3. The molecule has 0 aliphatic carbocycles. The Hall–Kier alpha value is -0.613. The van der Waals surface area contributed by atoms with Gasteiger partial charge in [-0.15, -0.1) is 6.58 Å². The molecule has 0 heterocycles. The van der Waals surface area contributed by atoms with Crippen LogP contribution in [0.25, 0.3) is 0 Å². The van der Waals surface area contributed by atoms with Crippen LogP contribution in [-0.2, 0) is 9.53 Å². The third-order valence-corrected chi connectivity index (χ3v) is 3.03. The number of rotatable bonds is 6. The highest BCUT2D eigenvalue weighted by Gasteiger charge is 2.20. The first kappa shape index (κ1) is 13.4. The summed E-state index contributed by atoms with van der Waals surface area (Å²) in [7, 11) is 0.251. The summed E-state index contributed by atoms with van der Waals surface area (Å²) in [5.74, 6) is -0.205. The molecule has 0 radical (unpaired) electrons. The Labute approximate surface area is 87.5 Å². The van der Waals surface area contributed by atoms with Crippen LogP contribution in [0.4, 0.5) is 0 Å². The monoisotopic (exact) mass is 215 g/mol. The van der Waals surface area contributed by atoms with Gasteiger partial charge in [-0.3, -0.25) is 4.79 Å². The first-order valence-corrected chi connectivity index (χ1v) is 8.53. The molecule has 82 valence electrons. The van der Waals surface area contributed by atoms with Gasteiger partial charge in [0.15, 0.2) is 0 Å². The molecular weight excluding hydrogens is 194 g/mol. The van der Waals surface area contributed by atoms with Crippen LogP contribution in [0.1, 0.15) is 6.42 Å². The van der Waals surface area contributed by atoms with Crippen LogP contribution in [0.3, 0.4) is 0 Å². The smallest absolute Gasteiger partial charge is 0.323 e. The first-order chi connectivity index (χ1) is 6.40. The molecule has 4 heteroatoms. The van der Waals surface area contributed by atoms with Crippen molar-refractivity contribution in [3.8, 4) is 0 Å². The molecular formula is C10H21NO2Si. The third-order valence-electron chi connectivity index (χ3n) is 1.77. The normalized spacial score (nSPS) is 13.4. The van der Waals surface area contributed by atoms with Crippen molar-refractivity contribution in [1.29, 1.82) is 0 Å². The quantitative estimate of drug-likeness (QED) is 0.415. The highest BCUT2D eigenvalue weighted by atomic mass is 28.3. The van der Waals surface area contributed by atoms with Crippen LogP contribution < -0.4 is 5.32 Å². The summed E-state index contributed by atoms with van der Waals surface area (Å²) in [6.45, 7) is 10.4. The summed E-state index contributed by atoms with van der Waals surface area (Å²) < 4.78 is 4.70. The second kappa shape index (κ2) is 5.98. The van der Waals surface area contributed by atoms with E-state index in [1.807, 2.05) is 0 Å². The molecule has 0 bridgehead atoms. The maximum Gasteiger partial charge on any atom is 0.323 e. The van der Waals surface area contributed by atoms with Gasteiger partial charge in [0.05, 0.1) is 15.2 Å². The lowest BCUT2D eigenvalue weighted by atomic mass is 10.2. The van der Waals surface area contributed by atoms with Gasteiger partial charge in [0.25, 0.3) is 0 Å². The van der Waals surface area contributed by atoms with Gasteiger partial charge in [0, 0.05) is 0 Å². The lowest BCUT2D eigenvalue weighted by Gasteiger charge is -2.21. The van der Waals surface area contributed by atoms with E-state index in [1.165, 1.54) is 7.11 Å². The molecule has 0 fully saturated rings. The van der Waals surface area contributed by atoms with E-state index in [0.29, 0.717) is 6.42 Å². The molecule has 0 unspecified atom stereocenters. The molecule has 0 spiro atoms. The Bertz CT molecular complexity index is 199. The van der Waals surface area contributed by atoms with E-state index in [1.54, 1.807) is 6.08 Å². The molecule has 0 aliphatic rings. The predicted molar refractivity (Wildman–Crippen MR) is 62.0 cm³/mol. The minimum absolute atomic E-state index is 0.205. The average molecular weight is 215 g/mol. The highest BCUT2D eigenvalue weighted by molar-refractivity contribution is 6.76. The maximum atomic E-state index is 11.3. The Morgan fingerprint density at radius 1 is 1.57 bits per heavy atom. The van der Waals surface area contributed by atoms with Crippen molar-refractivity contribution >= 4 is 14.0 Å². The largest absolute Gasteiger partial charge is 0.468 e. The van der Waals surface area contributed by atoms with E-state index >= 15 is 0 Å². The predicted octanol–water partition coefficient (Wildman–Crippen LogP) is 1.57. The number of ether oxygens (including phenoxy) is 1. The van der Waals surface area contributed by atoms with Gasteiger partial charge in [-0.25, -0.2) is 0 Å². The van der Waals surface area contributed by atoms with E-state index in [-0.39, 0.29) is 12.0 Å². The zero-order valence-corrected chi connectivity index (χ0v) is 10.6. The molecule has 0 rings (SSSR count). The van der Waals surface area contributed by atoms with Crippen molar-refractivity contribution in [2.75, 3.05) is 13.3 Å². The van der Waals surface area contributed by atoms with E-state index in [0.717, 1.165) is 6.17 Å². The summed E-state index contributed by atoms with van der Waals surface area (Å²) in [6.07, 6.45) is 3.27. The van der Waals surface area contributed by atoms with E-state index < -0.39 is 8.07 Å². The van der Waals surface area contributed by atoms with E-state index in [2.05, 4.69) is 31.5 Å². The van der Waals surface area contributed by atoms with Gasteiger partial charge in [-0.05, 0) is 12.6 Å². The number of nitrogens with one attached hydrogen (secondary N) is 1. The van der Waals surface area contributed by atoms with Crippen LogP contribution in [-0.4, -0.2) is 33.4 Å². The second-order valence-electron chi connectivity index (χ2n) is 4.54. The molecule has 0 aromatic heterocycles. The summed E-state index contributed by atoms with van der Waals surface area (Å²) in [5, 5.41) is 3.23. The van der Waals surface area contributed by atoms with Crippen LogP contribution in [0.2, 0.25) is 19.6 Å². The van der Waals surface area contributed by atoms with Crippen LogP contribution >= 0.6 is 0 Å². The Balaban J connectivity index is 4.10. The van der Waals surface area contributed by atoms with E-state index in [9.17, 15) is 4.79 Å². The SMILES string of the molecule is C=CC[C@H](NC[Si](C)(C)C)C(=O)OC. The molecule has 14 heavy (non-hydrogen) atoms. The van der Waals surface area contributed by atoms with Crippen LogP contribution in [0.15, 0.2) is 12.7 Å². The third kappa shape index (κ3) is 5.94. The number of esters is 1. The Morgan fingerprint density at radius 3 is 2.50 bits per heavy atom. The van der Waals surface area contributed by atoms with Crippen molar-refractivity contribution in [2.45, 2.75) is 32.1 Å². The van der Waals surface area contributed by atoms with E-state index in [4.69, 9.17) is 4.74 Å². The van der Waals surface area contributed by atoms with Gasteiger partial charge >= 0.3 is 5.97 Å². The fraction of sp³-hybridized carbons (Fsp3) is 0.700. The molecule has 0 saturated carbocycles. The van der Waals surface area contributed by atoms with Crippen LogP contribution in [0.5, 0.6) is 0 Å². The Kier molecular flexibility index (Phi) is 5.72. The fourth-order valence-electron chi connectivity index (χ4n) is 1.00. The molecule has 0 aliphatic heterocycles. The lowest BCUT2D eigenvalue weighted by molar-refractivity contribution is -0.142. The standard InChI is InChI=1S/C10H21NO2Si/c1-6-7-9(10(12)13-2)11-8-14(3,4)5/h6,9,11H,1,7-8H2,2-5H3/t9-/m0/s1. The first-order valence-electron chi connectivity index (χ1n) is 4.83. The second-order valence-corrected chi connectivity index (χ2v) is 10.0. The van der Waals surface area contributed by atoms with Gasteiger partial charge < -0.3 is 10.1 Å². The zero-order valence-electron chi connectivity index (χ0n) is 9.59. The average Bonchev–Trinajstić information content (AvgIpc) is 2.09. The summed E-state index contributed by atoms with van der Waals surface area (Å²) in [4.78, 5) is 11.3. The number of hydrogen-bond donors (Lipinski definition) is 1. The van der Waals surface area contributed by atoms with Gasteiger partial charge in [-0.2, -0.15) is 0 Å².